The molecule has 2 aromatic heterocycles. The third-order valence-corrected chi connectivity index (χ3v) is 4.15. The number of hydrogen-bond acceptors (Lipinski definition) is 7. The molecule has 96 valence electrons. The maximum Gasteiger partial charge on any atom is 0.206 e. The molecule has 2 heterocycles. The first-order valence-corrected chi connectivity index (χ1v) is 7.49. The van der Waals surface area contributed by atoms with Gasteiger partial charge in [-0.1, -0.05) is 36.1 Å². The Bertz CT molecular complexity index is 500. The Morgan fingerprint density at radius 1 is 1.39 bits per heavy atom. The second kappa shape index (κ2) is 6.55. The molecule has 0 aromatic carbocycles. The van der Waals surface area contributed by atoms with Crippen molar-refractivity contribution in [1.82, 2.24) is 15.2 Å². The van der Waals surface area contributed by atoms with Crippen LogP contribution in [0.25, 0.3) is 0 Å². The van der Waals surface area contributed by atoms with Crippen molar-refractivity contribution in [2.75, 3.05) is 17.6 Å². The van der Waals surface area contributed by atoms with Gasteiger partial charge in [-0.25, -0.2) is 4.98 Å². The molecule has 5 nitrogen and oxygen atoms in total. The third-order valence-electron chi connectivity index (χ3n) is 2.10. The van der Waals surface area contributed by atoms with E-state index in [0.29, 0.717) is 5.82 Å². The van der Waals surface area contributed by atoms with E-state index in [1.807, 2.05) is 12.1 Å². The van der Waals surface area contributed by atoms with Crippen LogP contribution in [0.5, 0.6) is 0 Å². The molecule has 0 radical (unpaired) electrons. The predicted molar refractivity (Wildman–Crippen MR) is 76.9 cm³/mol. The smallest absolute Gasteiger partial charge is 0.206 e. The Kier molecular flexibility index (Phi) is 4.77. The summed E-state index contributed by atoms with van der Waals surface area (Å²) >= 11 is 3.19. The van der Waals surface area contributed by atoms with E-state index < -0.39 is 0 Å². The molecule has 0 bridgehead atoms. The van der Waals surface area contributed by atoms with Crippen LogP contribution >= 0.6 is 23.1 Å². The van der Waals surface area contributed by atoms with Crippen molar-refractivity contribution in [1.29, 1.82) is 0 Å². The van der Waals surface area contributed by atoms with Crippen molar-refractivity contribution < 1.29 is 0 Å². The highest BCUT2D eigenvalue weighted by atomic mass is 32.2. The molecule has 2 aromatic rings. The number of thioether (sulfide) groups is 1. The summed E-state index contributed by atoms with van der Waals surface area (Å²) in [5, 5.41) is 12.3. The van der Waals surface area contributed by atoms with Gasteiger partial charge >= 0.3 is 0 Å². The number of nitrogens with zero attached hydrogens (tertiary/aromatic N) is 3. The molecule has 0 fully saturated rings. The second-order valence-electron chi connectivity index (χ2n) is 3.64. The van der Waals surface area contributed by atoms with Gasteiger partial charge in [0.25, 0.3) is 0 Å². The summed E-state index contributed by atoms with van der Waals surface area (Å²) in [6.07, 6.45) is 1.08. The number of aromatic nitrogens is 3. The van der Waals surface area contributed by atoms with Crippen LogP contribution in [0.3, 0.4) is 0 Å². The number of nitrogen functional groups attached to an aromatic ring is 1. The van der Waals surface area contributed by atoms with Gasteiger partial charge < -0.3 is 11.1 Å². The fourth-order valence-electron chi connectivity index (χ4n) is 1.29. The molecule has 7 heteroatoms. The van der Waals surface area contributed by atoms with Gasteiger partial charge in [-0.3, -0.25) is 0 Å². The lowest BCUT2D eigenvalue weighted by Gasteiger charge is -1.98. The Balaban J connectivity index is 1.88. The van der Waals surface area contributed by atoms with E-state index in [1.54, 1.807) is 29.2 Å². The molecule has 0 atom stereocenters. The highest BCUT2D eigenvalue weighted by molar-refractivity contribution is 8.00. The van der Waals surface area contributed by atoms with Crippen LogP contribution < -0.4 is 11.1 Å². The molecule has 18 heavy (non-hydrogen) atoms. The van der Waals surface area contributed by atoms with Crippen LogP contribution in [0.2, 0.25) is 0 Å². The maximum absolute atomic E-state index is 5.63. The molecular formula is C11H15N5S2. The van der Waals surface area contributed by atoms with Gasteiger partial charge in [-0.05, 0) is 18.6 Å². The average molecular weight is 281 g/mol. The molecule has 0 aliphatic heterocycles. The number of rotatable bonds is 6. The van der Waals surface area contributed by atoms with Crippen LogP contribution in [0.4, 0.5) is 10.9 Å². The summed E-state index contributed by atoms with van der Waals surface area (Å²) in [6, 6.07) is 5.65. The topological polar surface area (TPSA) is 76.7 Å². The lowest BCUT2D eigenvalue weighted by Crippen LogP contribution is -1.98. The zero-order valence-electron chi connectivity index (χ0n) is 10.1. The lowest BCUT2D eigenvalue weighted by atomic mass is 10.4. The van der Waals surface area contributed by atoms with Gasteiger partial charge in [-0.15, -0.1) is 10.2 Å². The van der Waals surface area contributed by atoms with E-state index in [-0.39, 0.29) is 0 Å². The fraction of sp³-hybridized carbons (Fsp3) is 0.364. The SMILES string of the molecule is CCCNc1nnc(SCc2cccc(N)n2)s1. The van der Waals surface area contributed by atoms with Crippen LogP contribution in [0, 0.1) is 0 Å². The second-order valence-corrected chi connectivity index (χ2v) is 5.84. The van der Waals surface area contributed by atoms with E-state index in [2.05, 4.69) is 27.4 Å². The molecule has 2 rings (SSSR count). The Hall–Kier alpha value is -1.34. The Morgan fingerprint density at radius 3 is 3.06 bits per heavy atom. The average Bonchev–Trinajstić information content (AvgIpc) is 2.82. The third kappa shape index (κ3) is 3.85. The quantitative estimate of drug-likeness (QED) is 0.793. The molecular weight excluding hydrogens is 266 g/mol. The molecule has 0 unspecified atom stereocenters. The lowest BCUT2D eigenvalue weighted by molar-refractivity contribution is 0.951. The highest BCUT2D eigenvalue weighted by Crippen LogP contribution is 2.27. The van der Waals surface area contributed by atoms with Crippen molar-refractivity contribution in [2.24, 2.45) is 0 Å². The first-order valence-electron chi connectivity index (χ1n) is 5.69. The number of hydrogen-bond donors (Lipinski definition) is 2. The van der Waals surface area contributed by atoms with Gasteiger partial charge in [0, 0.05) is 12.3 Å². The summed E-state index contributed by atoms with van der Waals surface area (Å²) in [6.45, 7) is 3.05. The van der Waals surface area contributed by atoms with E-state index in [1.165, 1.54) is 0 Å². The largest absolute Gasteiger partial charge is 0.384 e. The van der Waals surface area contributed by atoms with Crippen LogP contribution in [0.15, 0.2) is 22.5 Å². The van der Waals surface area contributed by atoms with Crippen molar-refractivity contribution in [3.63, 3.8) is 0 Å². The number of pyridine rings is 1. The standard InChI is InChI=1S/C11H15N5S2/c1-2-6-13-10-15-16-11(18-10)17-7-8-4-3-5-9(12)14-8/h3-5H,2,6-7H2,1H3,(H2,12,14)(H,13,15). The van der Waals surface area contributed by atoms with Crippen LogP contribution in [-0.4, -0.2) is 21.7 Å². The normalized spacial score (nSPS) is 10.5. The number of nitrogens with one attached hydrogen (secondary N) is 1. The molecule has 0 aliphatic rings. The van der Waals surface area contributed by atoms with E-state index in [4.69, 9.17) is 5.73 Å². The molecule has 0 amide bonds. The zero-order chi connectivity index (χ0) is 12.8. The van der Waals surface area contributed by atoms with Crippen LogP contribution in [0.1, 0.15) is 19.0 Å². The summed E-state index contributed by atoms with van der Waals surface area (Å²) in [4.78, 5) is 4.24. The fourth-order valence-corrected chi connectivity index (χ4v) is 2.97. The predicted octanol–water partition coefficient (Wildman–Crippen LogP) is 2.63. The summed E-state index contributed by atoms with van der Waals surface area (Å²) in [5.74, 6) is 1.31. The van der Waals surface area contributed by atoms with Gasteiger partial charge in [-0.2, -0.15) is 0 Å². The Morgan fingerprint density at radius 2 is 2.28 bits per heavy atom. The summed E-state index contributed by atoms with van der Waals surface area (Å²) < 4.78 is 0.942. The monoisotopic (exact) mass is 281 g/mol. The van der Waals surface area contributed by atoms with Gasteiger partial charge in [0.15, 0.2) is 4.34 Å². The van der Waals surface area contributed by atoms with Crippen molar-refractivity contribution in [3.05, 3.63) is 23.9 Å². The molecule has 3 N–H and O–H groups in total. The minimum atomic E-state index is 0.552. The summed E-state index contributed by atoms with van der Waals surface area (Å²) in [5.41, 5.74) is 6.59. The minimum Gasteiger partial charge on any atom is -0.384 e. The van der Waals surface area contributed by atoms with E-state index >= 15 is 0 Å². The first kappa shape index (κ1) is 13.1. The van der Waals surface area contributed by atoms with Crippen LogP contribution in [-0.2, 0) is 5.75 Å². The molecule has 0 saturated carbocycles. The highest BCUT2D eigenvalue weighted by Gasteiger charge is 2.05. The van der Waals surface area contributed by atoms with E-state index in [0.717, 1.165) is 33.9 Å². The van der Waals surface area contributed by atoms with Gasteiger partial charge in [0.05, 0.1) is 5.69 Å². The summed E-state index contributed by atoms with van der Waals surface area (Å²) in [7, 11) is 0. The Labute approximate surface area is 114 Å². The molecule has 0 saturated heterocycles. The van der Waals surface area contributed by atoms with Crippen molar-refractivity contribution in [3.8, 4) is 0 Å². The van der Waals surface area contributed by atoms with Crippen molar-refractivity contribution >= 4 is 34.0 Å². The van der Waals surface area contributed by atoms with E-state index in [9.17, 15) is 0 Å². The molecule has 0 spiro atoms. The first-order chi connectivity index (χ1) is 8.78. The van der Waals surface area contributed by atoms with Gasteiger partial charge in [0.1, 0.15) is 5.82 Å². The minimum absolute atomic E-state index is 0.552. The van der Waals surface area contributed by atoms with Gasteiger partial charge in [0.2, 0.25) is 5.13 Å². The zero-order valence-corrected chi connectivity index (χ0v) is 11.7. The number of anilines is 2. The van der Waals surface area contributed by atoms with Crippen molar-refractivity contribution in [2.45, 2.75) is 23.4 Å². The number of nitrogens with two attached hydrogens (primary N) is 1. The molecule has 0 aliphatic carbocycles. The maximum atomic E-state index is 5.63.